The molecule has 0 fully saturated rings. The molecule has 0 saturated heterocycles. The number of aromatic nitrogens is 2. The van der Waals surface area contributed by atoms with Crippen LogP contribution in [-0.2, 0) is 0 Å². The van der Waals surface area contributed by atoms with E-state index in [0.717, 1.165) is 52.0 Å². The van der Waals surface area contributed by atoms with Crippen LogP contribution >= 0.6 is 11.3 Å². The van der Waals surface area contributed by atoms with E-state index in [1.54, 1.807) is 7.11 Å². The molecule has 6 nitrogen and oxygen atoms in total. The van der Waals surface area contributed by atoms with E-state index in [9.17, 15) is 4.79 Å². The summed E-state index contributed by atoms with van der Waals surface area (Å²) in [6.07, 6.45) is 1.98. The van der Waals surface area contributed by atoms with Crippen molar-refractivity contribution in [2.75, 3.05) is 30.4 Å². The lowest BCUT2D eigenvalue weighted by molar-refractivity contribution is 0.102. The Labute approximate surface area is 192 Å². The number of nitrogens with zero attached hydrogens (tertiary/aromatic N) is 3. The summed E-state index contributed by atoms with van der Waals surface area (Å²) in [6, 6.07) is 14.0. The maximum Gasteiger partial charge on any atom is 0.267 e. The molecule has 0 aliphatic carbocycles. The van der Waals surface area contributed by atoms with Crippen molar-refractivity contribution in [3.8, 4) is 17.0 Å². The zero-order valence-electron chi connectivity index (χ0n) is 19.1. The number of hydrogen-bond donors (Lipinski definition) is 1. The summed E-state index contributed by atoms with van der Waals surface area (Å²) >= 11 is 1.40. The average molecular weight is 449 g/mol. The van der Waals surface area contributed by atoms with Crippen molar-refractivity contribution in [2.24, 2.45) is 0 Å². The third kappa shape index (κ3) is 4.08. The van der Waals surface area contributed by atoms with Crippen molar-refractivity contribution in [1.82, 2.24) is 9.38 Å². The molecule has 0 spiro atoms. The first-order chi connectivity index (χ1) is 15.4. The Balaban J connectivity index is 1.56. The minimum atomic E-state index is -0.109. The fraction of sp³-hybridized carbons (Fsp3) is 0.280. The van der Waals surface area contributed by atoms with Gasteiger partial charge in [0.05, 0.1) is 12.8 Å². The summed E-state index contributed by atoms with van der Waals surface area (Å²) in [7, 11) is 1.65. The molecule has 0 radical (unpaired) electrons. The lowest BCUT2D eigenvalue weighted by atomic mass is 10.1. The number of carbonyl (C=O) groups is 1. The highest BCUT2D eigenvalue weighted by Crippen LogP contribution is 2.29. The number of methoxy groups -OCH3 is 1. The Bertz CT molecular complexity index is 1250. The largest absolute Gasteiger partial charge is 0.497 e. The van der Waals surface area contributed by atoms with E-state index in [0.29, 0.717) is 4.88 Å². The maximum absolute atomic E-state index is 13.0. The van der Waals surface area contributed by atoms with E-state index < -0.39 is 0 Å². The Morgan fingerprint density at radius 1 is 1.12 bits per heavy atom. The third-order valence-corrected chi connectivity index (χ3v) is 6.89. The van der Waals surface area contributed by atoms with Gasteiger partial charge in [-0.05, 0) is 75.7 Å². The summed E-state index contributed by atoms with van der Waals surface area (Å²) in [4.78, 5) is 21.5. The molecule has 32 heavy (non-hydrogen) atoms. The van der Waals surface area contributed by atoms with E-state index in [-0.39, 0.29) is 5.91 Å². The minimum absolute atomic E-state index is 0.109. The molecule has 4 aromatic rings. The first kappa shape index (κ1) is 21.9. The maximum atomic E-state index is 13.0. The first-order valence-electron chi connectivity index (χ1n) is 10.7. The number of fused-ring (bicyclic) bond motifs is 1. The van der Waals surface area contributed by atoms with Gasteiger partial charge in [0.1, 0.15) is 10.6 Å². The SMILES string of the molecule is CCN(CC)c1ccc(NC(=O)c2sc3nc(-c4ccc(OC)cc4)cn3c2C)c(C)c1. The smallest absolute Gasteiger partial charge is 0.267 e. The molecule has 2 aromatic carbocycles. The number of thiazole rings is 1. The number of hydrogen-bond acceptors (Lipinski definition) is 5. The number of anilines is 2. The van der Waals surface area contributed by atoms with E-state index in [1.165, 1.54) is 17.0 Å². The number of aryl methyl sites for hydroxylation is 2. The molecule has 1 N–H and O–H groups in total. The van der Waals surface area contributed by atoms with Gasteiger partial charge >= 0.3 is 0 Å². The quantitative estimate of drug-likeness (QED) is 0.389. The van der Waals surface area contributed by atoms with Crippen LogP contribution in [0.25, 0.3) is 16.2 Å². The number of ether oxygens (including phenoxy) is 1. The van der Waals surface area contributed by atoms with Crippen LogP contribution in [0.1, 0.15) is 34.8 Å². The van der Waals surface area contributed by atoms with Crippen LogP contribution in [0.2, 0.25) is 0 Å². The van der Waals surface area contributed by atoms with Gasteiger partial charge in [-0.25, -0.2) is 4.98 Å². The van der Waals surface area contributed by atoms with E-state index in [2.05, 4.69) is 36.2 Å². The highest BCUT2D eigenvalue weighted by Gasteiger charge is 2.19. The topological polar surface area (TPSA) is 58.9 Å². The molecule has 166 valence electrons. The van der Waals surface area contributed by atoms with Crippen molar-refractivity contribution >= 4 is 33.6 Å². The van der Waals surface area contributed by atoms with Crippen LogP contribution in [0.5, 0.6) is 5.75 Å². The zero-order chi connectivity index (χ0) is 22.8. The Kier molecular flexibility index (Phi) is 6.19. The monoisotopic (exact) mass is 448 g/mol. The molecular weight excluding hydrogens is 420 g/mol. The molecular formula is C25H28N4O2S. The van der Waals surface area contributed by atoms with E-state index in [4.69, 9.17) is 9.72 Å². The lowest BCUT2D eigenvalue weighted by Crippen LogP contribution is -2.22. The second kappa shape index (κ2) is 9.04. The van der Waals surface area contributed by atoms with Crippen molar-refractivity contribution in [3.05, 3.63) is 64.8 Å². The Morgan fingerprint density at radius 3 is 2.44 bits per heavy atom. The molecule has 0 aliphatic rings. The molecule has 4 rings (SSSR count). The summed E-state index contributed by atoms with van der Waals surface area (Å²) in [6.45, 7) is 10.2. The van der Waals surface area contributed by atoms with Gasteiger partial charge in [0.25, 0.3) is 5.91 Å². The number of amides is 1. The second-order valence-electron chi connectivity index (χ2n) is 7.65. The first-order valence-corrected chi connectivity index (χ1v) is 11.6. The molecule has 0 bridgehead atoms. The second-order valence-corrected chi connectivity index (χ2v) is 8.63. The summed E-state index contributed by atoms with van der Waals surface area (Å²) < 4.78 is 7.21. The van der Waals surface area contributed by atoms with Gasteiger partial charge in [-0.3, -0.25) is 9.20 Å². The number of benzene rings is 2. The number of carbonyl (C=O) groups excluding carboxylic acids is 1. The van der Waals surface area contributed by atoms with Gasteiger partial charge in [-0.1, -0.05) is 11.3 Å². The molecule has 0 aliphatic heterocycles. The normalized spacial score (nSPS) is 11.0. The average Bonchev–Trinajstić information content (AvgIpc) is 3.36. The molecule has 0 atom stereocenters. The number of imidazole rings is 1. The van der Waals surface area contributed by atoms with E-state index >= 15 is 0 Å². The molecule has 2 aromatic heterocycles. The standard InChI is InChI=1S/C25H28N4O2S/c1-6-28(7-2)19-10-13-21(16(3)14-19)26-24(30)23-17(4)29-15-22(27-25(29)32-23)18-8-11-20(31-5)12-9-18/h8-15H,6-7H2,1-5H3,(H,26,30). The predicted molar refractivity (Wildman–Crippen MR) is 132 cm³/mol. The van der Waals surface area contributed by atoms with Gasteiger partial charge in [0, 0.05) is 41.9 Å². The van der Waals surface area contributed by atoms with Gasteiger partial charge in [-0.2, -0.15) is 0 Å². The van der Waals surface area contributed by atoms with Crippen LogP contribution in [0.3, 0.4) is 0 Å². The number of nitrogens with one attached hydrogen (secondary N) is 1. The van der Waals surface area contributed by atoms with Gasteiger partial charge in [0.2, 0.25) is 0 Å². The Hall–Kier alpha value is -3.32. The van der Waals surface area contributed by atoms with Crippen molar-refractivity contribution in [2.45, 2.75) is 27.7 Å². The van der Waals surface area contributed by atoms with Crippen LogP contribution < -0.4 is 15.0 Å². The number of rotatable bonds is 7. The highest BCUT2D eigenvalue weighted by atomic mass is 32.1. The fourth-order valence-corrected chi connectivity index (χ4v) is 4.82. The molecule has 2 heterocycles. The zero-order valence-corrected chi connectivity index (χ0v) is 19.9. The van der Waals surface area contributed by atoms with E-state index in [1.807, 2.05) is 54.8 Å². The molecule has 0 saturated carbocycles. The van der Waals surface area contributed by atoms with Crippen LogP contribution in [0.4, 0.5) is 11.4 Å². The highest BCUT2D eigenvalue weighted by molar-refractivity contribution is 7.19. The fourth-order valence-electron chi connectivity index (χ4n) is 3.81. The lowest BCUT2D eigenvalue weighted by Gasteiger charge is -2.22. The molecule has 7 heteroatoms. The molecule has 1 amide bonds. The van der Waals surface area contributed by atoms with Crippen molar-refractivity contribution in [1.29, 1.82) is 0 Å². The minimum Gasteiger partial charge on any atom is -0.497 e. The Morgan fingerprint density at radius 2 is 1.84 bits per heavy atom. The van der Waals surface area contributed by atoms with Crippen molar-refractivity contribution < 1.29 is 9.53 Å². The van der Waals surface area contributed by atoms with Crippen LogP contribution in [0.15, 0.2) is 48.7 Å². The summed E-state index contributed by atoms with van der Waals surface area (Å²) in [5.41, 5.74) is 5.81. The third-order valence-electron chi connectivity index (χ3n) is 5.74. The van der Waals surface area contributed by atoms with Gasteiger partial charge in [0.15, 0.2) is 4.96 Å². The summed E-state index contributed by atoms with van der Waals surface area (Å²) in [5, 5.41) is 3.08. The van der Waals surface area contributed by atoms with Gasteiger partial charge < -0.3 is 15.0 Å². The van der Waals surface area contributed by atoms with Gasteiger partial charge in [-0.15, -0.1) is 0 Å². The summed E-state index contributed by atoms with van der Waals surface area (Å²) in [5.74, 6) is 0.702. The van der Waals surface area contributed by atoms with Crippen LogP contribution in [-0.4, -0.2) is 35.5 Å². The van der Waals surface area contributed by atoms with Crippen LogP contribution in [0, 0.1) is 13.8 Å². The predicted octanol–water partition coefficient (Wildman–Crippen LogP) is 5.79. The van der Waals surface area contributed by atoms with Crippen molar-refractivity contribution in [3.63, 3.8) is 0 Å². The molecule has 0 unspecified atom stereocenters.